The Balaban J connectivity index is 2.33. The molecular weight excluding hydrogens is 280 g/mol. The first kappa shape index (κ1) is 17.1. The second-order valence-electron chi connectivity index (χ2n) is 4.98. The van der Waals surface area contributed by atoms with E-state index in [9.17, 15) is 9.59 Å². The molecule has 1 aliphatic carbocycles. The predicted molar refractivity (Wildman–Crippen MR) is 79.1 cm³/mol. The molecule has 0 aromatic rings. The van der Waals surface area contributed by atoms with E-state index in [4.69, 9.17) is 9.84 Å². The van der Waals surface area contributed by atoms with E-state index in [0.29, 0.717) is 5.25 Å². The summed E-state index contributed by atoms with van der Waals surface area (Å²) in [6.07, 6.45) is 5.94. The lowest BCUT2D eigenvalue weighted by Crippen LogP contribution is -2.49. The highest BCUT2D eigenvalue weighted by molar-refractivity contribution is 7.99. The number of hydrogen-bond donors (Lipinski definition) is 3. The molecule has 116 valence electrons. The molecule has 3 N–H and O–H groups in total. The van der Waals surface area contributed by atoms with E-state index in [-0.39, 0.29) is 25.0 Å². The number of carbonyl (C=O) groups excluding carboxylic acids is 1. The van der Waals surface area contributed by atoms with Crippen LogP contribution in [0.5, 0.6) is 0 Å². The second kappa shape index (κ2) is 9.07. The van der Waals surface area contributed by atoms with Gasteiger partial charge in [0.2, 0.25) is 0 Å². The number of carbonyl (C=O) groups is 2. The molecule has 0 radical (unpaired) electrons. The lowest BCUT2D eigenvalue weighted by molar-refractivity contribution is -0.139. The van der Waals surface area contributed by atoms with E-state index < -0.39 is 12.1 Å². The van der Waals surface area contributed by atoms with E-state index >= 15 is 0 Å². The Bertz CT molecular complexity index is 327. The van der Waals surface area contributed by atoms with Crippen LogP contribution in [0, 0.1) is 0 Å². The van der Waals surface area contributed by atoms with E-state index in [2.05, 4.69) is 16.9 Å². The summed E-state index contributed by atoms with van der Waals surface area (Å²) in [5, 5.41) is 14.8. The zero-order valence-electron chi connectivity index (χ0n) is 12.1. The highest BCUT2D eigenvalue weighted by Crippen LogP contribution is 2.26. The van der Waals surface area contributed by atoms with Gasteiger partial charge in [-0.3, -0.25) is 4.79 Å². The standard InChI is InChI=1S/C13H24N2O4S/c1-19-9(7-12(16)17)8-14-13(18)15-10-5-3-4-6-11(10)20-2/h9-11H,3-8H2,1-2H3,(H,16,17)(H2,14,15,18). The van der Waals surface area contributed by atoms with Crippen LogP contribution >= 0.6 is 11.8 Å². The number of rotatable bonds is 7. The average Bonchev–Trinajstić information content (AvgIpc) is 2.43. The summed E-state index contributed by atoms with van der Waals surface area (Å²) in [4.78, 5) is 22.4. The van der Waals surface area contributed by atoms with Crippen molar-refractivity contribution >= 4 is 23.8 Å². The van der Waals surface area contributed by atoms with Crippen molar-refractivity contribution in [2.24, 2.45) is 0 Å². The molecule has 20 heavy (non-hydrogen) atoms. The largest absolute Gasteiger partial charge is 0.481 e. The van der Waals surface area contributed by atoms with Gasteiger partial charge in [-0.1, -0.05) is 12.8 Å². The Morgan fingerprint density at radius 3 is 2.70 bits per heavy atom. The first-order valence-electron chi connectivity index (χ1n) is 6.88. The van der Waals surface area contributed by atoms with Gasteiger partial charge in [-0.15, -0.1) is 0 Å². The van der Waals surface area contributed by atoms with Crippen molar-refractivity contribution in [2.45, 2.75) is 49.5 Å². The lowest BCUT2D eigenvalue weighted by Gasteiger charge is -2.31. The number of urea groups is 1. The highest BCUT2D eigenvalue weighted by Gasteiger charge is 2.25. The second-order valence-corrected chi connectivity index (χ2v) is 6.05. The zero-order chi connectivity index (χ0) is 15.0. The van der Waals surface area contributed by atoms with Crippen molar-refractivity contribution in [3.8, 4) is 0 Å². The Hall–Kier alpha value is -0.950. The number of ether oxygens (including phenoxy) is 1. The van der Waals surface area contributed by atoms with Gasteiger partial charge in [0.05, 0.1) is 12.5 Å². The first-order valence-corrected chi connectivity index (χ1v) is 8.17. The summed E-state index contributed by atoms with van der Waals surface area (Å²) in [5.74, 6) is -0.936. The minimum absolute atomic E-state index is 0.117. The molecular formula is C13H24N2O4S. The van der Waals surface area contributed by atoms with Crippen LogP contribution in [0.15, 0.2) is 0 Å². The maximum atomic E-state index is 11.8. The molecule has 1 rings (SSSR count). The minimum Gasteiger partial charge on any atom is -0.481 e. The molecule has 2 amide bonds. The number of amides is 2. The fourth-order valence-corrected chi connectivity index (χ4v) is 3.34. The Kier molecular flexibility index (Phi) is 7.76. The van der Waals surface area contributed by atoms with Crippen molar-refractivity contribution in [3.05, 3.63) is 0 Å². The van der Waals surface area contributed by atoms with E-state index in [1.54, 1.807) is 11.8 Å². The number of thioether (sulfide) groups is 1. The van der Waals surface area contributed by atoms with Crippen LogP contribution in [0.3, 0.4) is 0 Å². The minimum atomic E-state index is -0.936. The fraction of sp³-hybridized carbons (Fsp3) is 0.846. The van der Waals surface area contributed by atoms with Gasteiger partial charge in [0, 0.05) is 24.9 Å². The SMILES string of the molecule is COC(CNC(=O)NC1CCCCC1SC)CC(=O)O. The van der Waals surface area contributed by atoms with Crippen LogP contribution in [-0.4, -0.2) is 54.4 Å². The van der Waals surface area contributed by atoms with Gasteiger partial charge < -0.3 is 20.5 Å². The number of methoxy groups -OCH3 is 1. The first-order chi connectivity index (χ1) is 9.56. The van der Waals surface area contributed by atoms with Gasteiger partial charge >= 0.3 is 12.0 Å². The summed E-state index contributed by atoms with van der Waals surface area (Å²) in [6.45, 7) is 0.200. The number of hydrogen-bond acceptors (Lipinski definition) is 4. The summed E-state index contributed by atoms with van der Waals surface area (Å²) in [7, 11) is 1.44. The molecule has 7 heteroatoms. The number of carboxylic acid groups (broad SMARTS) is 1. The molecule has 1 fully saturated rings. The van der Waals surface area contributed by atoms with E-state index in [1.165, 1.54) is 13.5 Å². The van der Waals surface area contributed by atoms with Crippen molar-refractivity contribution in [1.29, 1.82) is 0 Å². The van der Waals surface area contributed by atoms with Gasteiger partial charge in [0.15, 0.2) is 0 Å². The molecule has 3 atom stereocenters. The van der Waals surface area contributed by atoms with Gasteiger partial charge in [0.1, 0.15) is 0 Å². The fourth-order valence-electron chi connectivity index (χ4n) is 2.40. The Morgan fingerprint density at radius 2 is 2.10 bits per heavy atom. The molecule has 0 saturated heterocycles. The topological polar surface area (TPSA) is 87.7 Å². The number of aliphatic carboxylic acids is 1. The molecule has 0 aliphatic heterocycles. The van der Waals surface area contributed by atoms with Gasteiger partial charge in [-0.25, -0.2) is 4.79 Å². The van der Waals surface area contributed by atoms with Crippen molar-refractivity contribution < 1.29 is 19.4 Å². The highest BCUT2D eigenvalue weighted by atomic mass is 32.2. The third-order valence-electron chi connectivity index (χ3n) is 3.55. The van der Waals surface area contributed by atoms with Crippen LogP contribution in [0.25, 0.3) is 0 Å². The summed E-state index contributed by atoms with van der Waals surface area (Å²) in [6, 6.07) is -0.0531. The third-order valence-corrected chi connectivity index (χ3v) is 4.72. The lowest BCUT2D eigenvalue weighted by atomic mass is 9.95. The smallest absolute Gasteiger partial charge is 0.315 e. The van der Waals surface area contributed by atoms with Crippen LogP contribution < -0.4 is 10.6 Å². The summed E-state index contributed by atoms with van der Waals surface area (Å²) in [5.41, 5.74) is 0. The van der Waals surface area contributed by atoms with Crippen LogP contribution in [0.4, 0.5) is 4.79 Å². The van der Waals surface area contributed by atoms with Gasteiger partial charge in [0.25, 0.3) is 0 Å². The summed E-state index contributed by atoms with van der Waals surface area (Å²) >= 11 is 1.79. The third kappa shape index (κ3) is 6.00. The van der Waals surface area contributed by atoms with E-state index in [1.807, 2.05) is 0 Å². The predicted octanol–water partition coefficient (Wildman–Crippen LogP) is 1.45. The molecule has 0 spiro atoms. The maximum absolute atomic E-state index is 11.8. The zero-order valence-corrected chi connectivity index (χ0v) is 12.9. The average molecular weight is 304 g/mol. The van der Waals surface area contributed by atoms with Crippen molar-refractivity contribution in [2.75, 3.05) is 19.9 Å². The Morgan fingerprint density at radius 1 is 1.40 bits per heavy atom. The van der Waals surface area contributed by atoms with Crippen molar-refractivity contribution in [3.63, 3.8) is 0 Å². The van der Waals surface area contributed by atoms with E-state index in [0.717, 1.165) is 19.3 Å². The van der Waals surface area contributed by atoms with Gasteiger partial charge in [-0.2, -0.15) is 11.8 Å². The maximum Gasteiger partial charge on any atom is 0.315 e. The van der Waals surface area contributed by atoms with Crippen molar-refractivity contribution in [1.82, 2.24) is 10.6 Å². The molecule has 0 aromatic heterocycles. The molecule has 0 aromatic carbocycles. The monoisotopic (exact) mass is 304 g/mol. The summed E-state index contributed by atoms with van der Waals surface area (Å²) < 4.78 is 5.02. The molecule has 3 unspecified atom stereocenters. The molecule has 0 heterocycles. The number of carboxylic acids is 1. The molecule has 6 nitrogen and oxygen atoms in total. The molecule has 1 saturated carbocycles. The normalized spacial score (nSPS) is 23.9. The van der Waals surface area contributed by atoms with Gasteiger partial charge in [-0.05, 0) is 19.1 Å². The quantitative estimate of drug-likeness (QED) is 0.662. The number of nitrogens with one attached hydrogen (secondary N) is 2. The molecule has 1 aliphatic rings. The molecule has 0 bridgehead atoms. The Labute approximate surface area is 124 Å². The van der Waals surface area contributed by atoms with Crippen LogP contribution in [0.2, 0.25) is 0 Å². The van der Waals surface area contributed by atoms with Crippen LogP contribution in [-0.2, 0) is 9.53 Å². The van der Waals surface area contributed by atoms with Crippen LogP contribution in [0.1, 0.15) is 32.1 Å².